The Bertz CT molecular complexity index is 377. The maximum absolute atomic E-state index is 12.0. The van der Waals surface area contributed by atoms with Gasteiger partial charge in [-0.1, -0.05) is 6.92 Å². The van der Waals surface area contributed by atoms with Crippen LogP contribution in [-0.2, 0) is 11.3 Å². The van der Waals surface area contributed by atoms with E-state index in [2.05, 4.69) is 10.3 Å². The van der Waals surface area contributed by atoms with E-state index in [4.69, 9.17) is 0 Å². The highest BCUT2D eigenvalue weighted by atomic mass is 32.1. The fourth-order valence-corrected chi connectivity index (χ4v) is 2.55. The third-order valence-electron chi connectivity index (χ3n) is 2.81. The molecule has 1 aliphatic rings. The molecule has 1 N–H and O–H groups in total. The van der Waals surface area contributed by atoms with Crippen molar-refractivity contribution in [1.82, 2.24) is 15.2 Å². The lowest BCUT2D eigenvalue weighted by atomic mass is 10.1. The number of carbonyl (C=O) groups excluding carboxylic acids is 1. The zero-order chi connectivity index (χ0) is 11.5. The van der Waals surface area contributed by atoms with Crippen LogP contribution in [0.5, 0.6) is 0 Å². The van der Waals surface area contributed by atoms with Crippen LogP contribution in [0.25, 0.3) is 0 Å². The molecule has 0 bridgehead atoms. The summed E-state index contributed by atoms with van der Waals surface area (Å²) in [4.78, 5) is 18.3. The van der Waals surface area contributed by atoms with Gasteiger partial charge < -0.3 is 10.2 Å². The average molecular weight is 239 g/mol. The number of nitrogens with zero attached hydrogens (tertiary/aromatic N) is 2. The molecule has 1 aromatic heterocycles. The number of hydrogen-bond donors (Lipinski definition) is 1. The van der Waals surface area contributed by atoms with Crippen molar-refractivity contribution in [3.63, 3.8) is 0 Å². The SMILES string of the molecule is CCC1NCCN(Cc2csc(C)n2)C1=O. The van der Waals surface area contributed by atoms with Crippen LogP contribution in [0.4, 0.5) is 0 Å². The van der Waals surface area contributed by atoms with E-state index in [0.29, 0.717) is 6.54 Å². The second kappa shape index (κ2) is 4.93. The molecular weight excluding hydrogens is 222 g/mol. The Balaban J connectivity index is 2.01. The topological polar surface area (TPSA) is 45.2 Å². The molecule has 1 amide bonds. The quantitative estimate of drug-likeness (QED) is 0.861. The Morgan fingerprint density at radius 1 is 1.69 bits per heavy atom. The van der Waals surface area contributed by atoms with Gasteiger partial charge in [-0.3, -0.25) is 4.79 Å². The van der Waals surface area contributed by atoms with E-state index >= 15 is 0 Å². The van der Waals surface area contributed by atoms with Crippen molar-refractivity contribution in [2.24, 2.45) is 0 Å². The summed E-state index contributed by atoms with van der Waals surface area (Å²) in [7, 11) is 0. The number of piperazine rings is 1. The van der Waals surface area contributed by atoms with Crippen LogP contribution in [0.15, 0.2) is 5.38 Å². The highest BCUT2D eigenvalue weighted by Crippen LogP contribution is 2.13. The largest absolute Gasteiger partial charge is 0.334 e. The van der Waals surface area contributed by atoms with Crippen LogP contribution in [0.3, 0.4) is 0 Å². The summed E-state index contributed by atoms with van der Waals surface area (Å²) in [5, 5.41) is 6.32. The smallest absolute Gasteiger partial charge is 0.240 e. The van der Waals surface area contributed by atoms with Crippen LogP contribution in [0.1, 0.15) is 24.0 Å². The highest BCUT2D eigenvalue weighted by Gasteiger charge is 2.26. The first-order valence-corrected chi connectivity index (χ1v) is 6.52. The highest BCUT2D eigenvalue weighted by molar-refractivity contribution is 7.09. The van der Waals surface area contributed by atoms with E-state index in [-0.39, 0.29) is 11.9 Å². The van der Waals surface area contributed by atoms with Crippen molar-refractivity contribution in [3.8, 4) is 0 Å². The Kier molecular flexibility index (Phi) is 3.56. The minimum atomic E-state index is -0.00603. The van der Waals surface area contributed by atoms with Gasteiger partial charge in [0.1, 0.15) is 0 Å². The zero-order valence-electron chi connectivity index (χ0n) is 9.69. The molecule has 0 spiro atoms. The second-order valence-corrected chi connectivity index (χ2v) is 5.09. The first-order valence-electron chi connectivity index (χ1n) is 5.64. The first-order chi connectivity index (χ1) is 7.70. The monoisotopic (exact) mass is 239 g/mol. The maximum Gasteiger partial charge on any atom is 0.240 e. The molecule has 5 heteroatoms. The van der Waals surface area contributed by atoms with E-state index in [9.17, 15) is 4.79 Å². The van der Waals surface area contributed by atoms with Gasteiger partial charge in [0, 0.05) is 18.5 Å². The van der Waals surface area contributed by atoms with Gasteiger partial charge in [-0.05, 0) is 13.3 Å². The molecule has 2 heterocycles. The number of aromatic nitrogens is 1. The third kappa shape index (κ3) is 2.41. The Morgan fingerprint density at radius 3 is 3.12 bits per heavy atom. The molecule has 0 aliphatic carbocycles. The van der Waals surface area contributed by atoms with Gasteiger partial charge in [0.15, 0.2) is 0 Å². The molecule has 1 atom stereocenters. The first kappa shape index (κ1) is 11.5. The zero-order valence-corrected chi connectivity index (χ0v) is 10.5. The van der Waals surface area contributed by atoms with Gasteiger partial charge >= 0.3 is 0 Å². The lowest BCUT2D eigenvalue weighted by molar-refractivity contribution is -0.136. The van der Waals surface area contributed by atoms with E-state index in [0.717, 1.165) is 30.2 Å². The van der Waals surface area contributed by atoms with E-state index in [1.165, 1.54) is 0 Å². The predicted molar refractivity (Wildman–Crippen MR) is 64.3 cm³/mol. The van der Waals surface area contributed by atoms with Crippen LogP contribution < -0.4 is 5.32 Å². The van der Waals surface area contributed by atoms with E-state index in [1.54, 1.807) is 11.3 Å². The molecule has 1 aliphatic heterocycles. The van der Waals surface area contributed by atoms with E-state index < -0.39 is 0 Å². The summed E-state index contributed by atoms with van der Waals surface area (Å²) in [5.74, 6) is 0.208. The molecule has 2 rings (SSSR count). The molecule has 16 heavy (non-hydrogen) atoms. The summed E-state index contributed by atoms with van der Waals surface area (Å²) >= 11 is 1.64. The molecule has 88 valence electrons. The number of nitrogens with one attached hydrogen (secondary N) is 1. The molecule has 0 aromatic carbocycles. The predicted octanol–water partition coefficient (Wildman–Crippen LogP) is 1.16. The lowest BCUT2D eigenvalue weighted by Gasteiger charge is -2.32. The van der Waals surface area contributed by atoms with Gasteiger partial charge in [0.25, 0.3) is 0 Å². The maximum atomic E-state index is 12.0. The number of amides is 1. The van der Waals surface area contributed by atoms with Crippen LogP contribution >= 0.6 is 11.3 Å². The number of thiazole rings is 1. The number of hydrogen-bond acceptors (Lipinski definition) is 4. The van der Waals surface area contributed by atoms with Crippen LogP contribution in [0, 0.1) is 6.92 Å². The summed E-state index contributed by atoms with van der Waals surface area (Å²) < 4.78 is 0. The Labute approximate surface area is 99.7 Å². The number of rotatable bonds is 3. The molecule has 1 fully saturated rings. The molecule has 0 saturated carbocycles. The molecule has 1 aromatic rings. The van der Waals surface area contributed by atoms with Crippen LogP contribution in [0.2, 0.25) is 0 Å². The molecule has 1 unspecified atom stereocenters. The number of carbonyl (C=O) groups is 1. The van der Waals surface area contributed by atoms with Crippen molar-refractivity contribution in [2.75, 3.05) is 13.1 Å². The number of aryl methyl sites for hydroxylation is 1. The standard InChI is InChI=1S/C11H17N3OS/c1-3-10-11(15)14(5-4-12-10)6-9-7-16-8(2)13-9/h7,10,12H,3-6H2,1-2H3. The normalized spacial score (nSPS) is 21.5. The third-order valence-corrected chi connectivity index (χ3v) is 3.63. The van der Waals surface area contributed by atoms with Crippen molar-refractivity contribution in [1.29, 1.82) is 0 Å². The molecular formula is C11H17N3OS. The van der Waals surface area contributed by atoms with Crippen molar-refractivity contribution in [2.45, 2.75) is 32.9 Å². The molecule has 4 nitrogen and oxygen atoms in total. The van der Waals surface area contributed by atoms with Crippen molar-refractivity contribution in [3.05, 3.63) is 16.1 Å². The minimum absolute atomic E-state index is 0.00603. The van der Waals surface area contributed by atoms with Gasteiger partial charge in [0.2, 0.25) is 5.91 Å². The average Bonchev–Trinajstić information content (AvgIpc) is 2.67. The van der Waals surface area contributed by atoms with Gasteiger partial charge in [0.05, 0.1) is 23.3 Å². The van der Waals surface area contributed by atoms with Gasteiger partial charge in [-0.25, -0.2) is 4.98 Å². The summed E-state index contributed by atoms with van der Waals surface area (Å²) in [6.45, 7) is 6.34. The van der Waals surface area contributed by atoms with Gasteiger partial charge in [-0.15, -0.1) is 11.3 Å². The summed E-state index contributed by atoms with van der Waals surface area (Å²) in [5.41, 5.74) is 1.01. The summed E-state index contributed by atoms with van der Waals surface area (Å²) in [6, 6.07) is -0.00603. The van der Waals surface area contributed by atoms with Gasteiger partial charge in [-0.2, -0.15) is 0 Å². The fraction of sp³-hybridized carbons (Fsp3) is 0.636. The Morgan fingerprint density at radius 2 is 2.50 bits per heavy atom. The second-order valence-electron chi connectivity index (χ2n) is 4.03. The minimum Gasteiger partial charge on any atom is -0.334 e. The molecule has 0 radical (unpaired) electrons. The van der Waals surface area contributed by atoms with Crippen molar-refractivity contribution < 1.29 is 4.79 Å². The van der Waals surface area contributed by atoms with Crippen molar-refractivity contribution >= 4 is 17.2 Å². The summed E-state index contributed by atoms with van der Waals surface area (Å²) in [6.07, 6.45) is 0.853. The fourth-order valence-electron chi connectivity index (χ4n) is 1.94. The lowest BCUT2D eigenvalue weighted by Crippen LogP contribution is -2.54. The van der Waals surface area contributed by atoms with Crippen LogP contribution in [-0.4, -0.2) is 34.9 Å². The van der Waals surface area contributed by atoms with E-state index in [1.807, 2.05) is 24.1 Å². The molecule has 1 saturated heterocycles. The Hall–Kier alpha value is -0.940.